The van der Waals surface area contributed by atoms with Gasteiger partial charge in [-0.25, -0.2) is 0 Å². The summed E-state index contributed by atoms with van der Waals surface area (Å²) in [4.78, 5) is 2.15. The van der Waals surface area contributed by atoms with Crippen LogP contribution in [0.1, 0.15) is 6.42 Å². The van der Waals surface area contributed by atoms with Gasteiger partial charge in [-0.1, -0.05) is 0 Å². The average molecular weight is 225 g/mol. The van der Waals surface area contributed by atoms with Gasteiger partial charge in [0.1, 0.15) is 12.3 Å². The maximum absolute atomic E-state index is 6.21. The first-order chi connectivity index (χ1) is 6.09. The number of alkyl halides is 2. The van der Waals surface area contributed by atoms with E-state index in [1.54, 1.807) is 0 Å². The van der Waals surface area contributed by atoms with Crippen LogP contribution in [0.4, 0.5) is 0 Å². The summed E-state index contributed by atoms with van der Waals surface area (Å²) in [5.41, 5.74) is 5.62. The van der Waals surface area contributed by atoms with E-state index in [0.717, 1.165) is 13.0 Å². The molecular formula is C8H14Cl2N2O. The lowest BCUT2D eigenvalue weighted by molar-refractivity contribution is 0.157. The Labute approximate surface area is 88.1 Å². The molecule has 76 valence electrons. The summed E-state index contributed by atoms with van der Waals surface area (Å²) in [5.74, 6) is 0. The molecule has 5 unspecified atom stereocenters. The first-order valence-corrected chi connectivity index (χ1v) is 5.36. The van der Waals surface area contributed by atoms with Crippen LogP contribution in [0.25, 0.3) is 0 Å². The number of halogens is 2. The van der Waals surface area contributed by atoms with Crippen molar-refractivity contribution in [3.63, 3.8) is 0 Å². The molecule has 5 heteroatoms. The van der Waals surface area contributed by atoms with Gasteiger partial charge in [-0.05, 0) is 13.5 Å². The van der Waals surface area contributed by atoms with E-state index in [9.17, 15) is 0 Å². The number of piperidine rings is 1. The fraction of sp³-hybridized carbons (Fsp3) is 1.00. The molecule has 13 heavy (non-hydrogen) atoms. The Balaban J connectivity index is 2.00. The number of hydrogen-bond donors (Lipinski definition) is 1. The third-order valence-electron chi connectivity index (χ3n) is 2.74. The zero-order chi connectivity index (χ0) is 9.59. The minimum atomic E-state index is -0.124. The van der Waals surface area contributed by atoms with Crippen LogP contribution in [0.15, 0.2) is 0 Å². The van der Waals surface area contributed by atoms with Gasteiger partial charge in [0.15, 0.2) is 0 Å². The molecule has 2 saturated heterocycles. The van der Waals surface area contributed by atoms with Crippen molar-refractivity contribution >= 4 is 23.2 Å². The standard InChI is InChI=1S/C8H14Cl2N2O/c1-12-3-4(9)2-5(10)6(12)7-8(11)13-7/h4-8H,2-3,11H2,1H3. The third kappa shape index (κ3) is 1.95. The zero-order valence-electron chi connectivity index (χ0n) is 7.49. The van der Waals surface area contributed by atoms with Crippen LogP contribution in [0, 0.1) is 0 Å². The van der Waals surface area contributed by atoms with Gasteiger partial charge < -0.3 is 10.5 Å². The molecule has 0 radical (unpaired) electrons. The number of nitrogens with zero attached hydrogens (tertiary/aromatic N) is 1. The Morgan fingerprint density at radius 2 is 2.08 bits per heavy atom. The van der Waals surface area contributed by atoms with Gasteiger partial charge >= 0.3 is 0 Å². The summed E-state index contributed by atoms with van der Waals surface area (Å²) >= 11 is 12.2. The van der Waals surface area contributed by atoms with Crippen molar-refractivity contribution in [2.75, 3.05) is 13.6 Å². The molecule has 3 nitrogen and oxygen atoms in total. The lowest BCUT2D eigenvalue weighted by Crippen LogP contribution is -2.51. The van der Waals surface area contributed by atoms with E-state index < -0.39 is 0 Å². The second kappa shape index (κ2) is 3.55. The number of ether oxygens (including phenoxy) is 1. The Bertz CT molecular complexity index is 193. The van der Waals surface area contributed by atoms with E-state index >= 15 is 0 Å². The molecule has 0 saturated carbocycles. The summed E-state index contributed by atoms with van der Waals surface area (Å²) in [5, 5.41) is 0.207. The molecule has 0 aromatic heterocycles. The molecule has 2 fully saturated rings. The van der Waals surface area contributed by atoms with Crippen LogP contribution in [-0.4, -0.2) is 47.6 Å². The molecular weight excluding hydrogens is 211 g/mol. The molecule has 2 heterocycles. The van der Waals surface area contributed by atoms with E-state index in [1.807, 2.05) is 7.05 Å². The summed E-state index contributed by atoms with van der Waals surface area (Å²) in [6.07, 6.45) is 0.822. The molecule has 2 rings (SSSR count). The van der Waals surface area contributed by atoms with Crippen molar-refractivity contribution in [2.45, 2.75) is 35.5 Å². The van der Waals surface area contributed by atoms with Crippen LogP contribution >= 0.6 is 23.2 Å². The maximum atomic E-state index is 6.21. The highest BCUT2D eigenvalue weighted by Crippen LogP contribution is 2.34. The third-order valence-corrected chi connectivity index (χ3v) is 3.50. The first kappa shape index (κ1) is 9.99. The van der Waals surface area contributed by atoms with Crippen molar-refractivity contribution < 1.29 is 4.74 Å². The van der Waals surface area contributed by atoms with Gasteiger partial charge in [-0.3, -0.25) is 4.90 Å². The summed E-state index contributed by atoms with van der Waals surface area (Å²) in [7, 11) is 2.02. The van der Waals surface area contributed by atoms with Crippen molar-refractivity contribution in [3.05, 3.63) is 0 Å². The summed E-state index contributed by atoms with van der Waals surface area (Å²) in [6.45, 7) is 0.863. The van der Waals surface area contributed by atoms with Gasteiger partial charge in [0, 0.05) is 11.9 Å². The highest BCUT2D eigenvalue weighted by molar-refractivity contribution is 6.24. The Hall–Kier alpha value is 0.460. The molecule has 0 aromatic carbocycles. The highest BCUT2D eigenvalue weighted by atomic mass is 35.5. The molecule has 0 aliphatic carbocycles. The SMILES string of the molecule is CN1CC(Cl)CC(Cl)C1C1OC1N. The number of hydrogen-bond acceptors (Lipinski definition) is 3. The van der Waals surface area contributed by atoms with E-state index in [-0.39, 0.29) is 29.1 Å². The smallest absolute Gasteiger partial charge is 0.134 e. The lowest BCUT2D eigenvalue weighted by atomic mass is 9.99. The van der Waals surface area contributed by atoms with Gasteiger partial charge in [0.25, 0.3) is 0 Å². The summed E-state index contributed by atoms with van der Waals surface area (Å²) in [6, 6.07) is 0.228. The van der Waals surface area contributed by atoms with Crippen LogP contribution in [0.2, 0.25) is 0 Å². The Morgan fingerprint density at radius 1 is 1.46 bits per heavy atom. The van der Waals surface area contributed by atoms with E-state index in [1.165, 1.54) is 0 Å². The number of likely N-dealkylation sites (N-methyl/N-ethyl adjacent to an activating group) is 1. The van der Waals surface area contributed by atoms with Gasteiger partial charge in [-0.15, -0.1) is 23.2 Å². The van der Waals surface area contributed by atoms with E-state index in [0.29, 0.717) is 0 Å². The largest absolute Gasteiger partial charge is 0.352 e. The quantitative estimate of drug-likeness (QED) is 0.524. The van der Waals surface area contributed by atoms with Crippen LogP contribution in [0.5, 0.6) is 0 Å². The van der Waals surface area contributed by atoms with E-state index in [4.69, 9.17) is 33.7 Å². The Morgan fingerprint density at radius 3 is 2.54 bits per heavy atom. The Kier molecular flexibility index (Phi) is 2.73. The van der Waals surface area contributed by atoms with Crippen LogP contribution in [-0.2, 0) is 4.74 Å². The van der Waals surface area contributed by atoms with Crippen LogP contribution in [0.3, 0.4) is 0 Å². The fourth-order valence-corrected chi connectivity index (χ4v) is 3.09. The molecule has 0 aromatic rings. The fourth-order valence-electron chi connectivity index (χ4n) is 2.04. The molecule has 0 spiro atoms. The monoisotopic (exact) mass is 224 g/mol. The number of likely N-dealkylation sites (tertiary alicyclic amines) is 1. The normalized spacial score (nSPS) is 52.2. The van der Waals surface area contributed by atoms with Gasteiger partial charge in [-0.2, -0.15) is 0 Å². The van der Waals surface area contributed by atoms with Crippen molar-refractivity contribution in [2.24, 2.45) is 5.73 Å². The topological polar surface area (TPSA) is 41.8 Å². The minimum Gasteiger partial charge on any atom is -0.352 e. The van der Waals surface area contributed by atoms with Gasteiger partial charge in [0.05, 0.1) is 11.4 Å². The molecule has 0 bridgehead atoms. The van der Waals surface area contributed by atoms with E-state index in [2.05, 4.69) is 4.90 Å². The number of epoxide rings is 1. The predicted octanol–water partition coefficient (Wildman–Crippen LogP) is 0.589. The molecule has 5 atom stereocenters. The van der Waals surface area contributed by atoms with Gasteiger partial charge in [0.2, 0.25) is 0 Å². The van der Waals surface area contributed by atoms with Crippen molar-refractivity contribution in [1.29, 1.82) is 0 Å². The average Bonchev–Trinajstić information content (AvgIpc) is 2.64. The molecule has 0 amide bonds. The number of nitrogens with two attached hydrogens (primary N) is 1. The number of rotatable bonds is 1. The zero-order valence-corrected chi connectivity index (χ0v) is 9.00. The van der Waals surface area contributed by atoms with Crippen molar-refractivity contribution in [1.82, 2.24) is 4.90 Å². The first-order valence-electron chi connectivity index (χ1n) is 4.49. The second-order valence-corrected chi connectivity index (χ2v) is 5.02. The van der Waals surface area contributed by atoms with Crippen LogP contribution < -0.4 is 5.73 Å². The highest BCUT2D eigenvalue weighted by Gasteiger charge is 2.49. The predicted molar refractivity (Wildman–Crippen MR) is 53.2 cm³/mol. The minimum absolute atomic E-state index is 0.0554. The second-order valence-electron chi connectivity index (χ2n) is 3.84. The molecule has 2 N–H and O–H groups in total. The molecule has 2 aliphatic heterocycles. The molecule has 2 aliphatic rings. The lowest BCUT2D eigenvalue weighted by Gasteiger charge is -2.37. The maximum Gasteiger partial charge on any atom is 0.134 e. The summed E-state index contributed by atoms with van der Waals surface area (Å²) < 4.78 is 5.24. The van der Waals surface area contributed by atoms with Crippen molar-refractivity contribution in [3.8, 4) is 0 Å².